The van der Waals surface area contributed by atoms with Crippen LogP contribution < -0.4 is 5.43 Å². The lowest BCUT2D eigenvalue weighted by atomic mass is 10.2. The highest BCUT2D eigenvalue weighted by atomic mass is 32.2. The summed E-state index contributed by atoms with van der Waals surface area (Å²) in [6.45, 7) is 8.58. The first kappa shape index (κ1) is 15.1. The second-order valence-electron chi connectivity index (χ2n) is 3.82. The molecule has 0 spiro atoms. The van der Waals surface area contributed by atoms with Crippen molar-refractivity contribution < 1.29 is 13.2 Å². The van der Waals surface area contributed by atoms with E-state index in [0.29, 0.717) is 0 Å². The van der Waals surface area contributed by atoms with Gasteiger partial charge >= 0.3 is 0 Å². The van der Waals surface area contributed by atoms with Crippen LogP contribution in [-0.4, -0.2) is 25.3 Å². The largest absolute Gasteiger partial charge is 0.271 e. The first-order valence-electron chi connectivity index (χ1n) is 5.55. The summed E-state index contributed by atoms with van der Waals surface area (Å²) < 4.78 is 25.5. The highest BCUT2D eigenvalue weighted by Gasteiger charge is 2.24. The predicted molar refractivity (Wildman–Crippen MR) is 73.6 cm³/mol. The molecule has 1 aromatic carbocycles. The van der Waals surface area contributed by atoms with Gasteiger partial charge in [-0.05, 0) is 25.1 Å². The molecule has 0 heterocycles. The van der Waals surface area contributed by atoms with Gasteiger partial charge in [0.15, 0.2) is 0 Å². The molecule has 5 nitrogen and oxygen atoms in total. The van der Waals surface area contributed by atoms with Gasteiger partial charge in [0.05, 0.1) is 11.4 Å². The van der Waals surface area contributed by atoms with Gasteiger partial charge in [-0.3, -0.25) is 10.2 Å². The molecular formula is C13H16N2O3S. The van der Waals surface area contributed by atoms with Crippen molar-refractivity contribution in [2.45, 2.75) is 11.8 Å². The Balaban J connectivity index is 3.11. The van der Waals surface area contributed by atoms with Gasteiger partial charge in [0, 0.05) is 0 Å². The zero-order chi connectivity index (χ0) is 14.5. The van der Waals surface area contributed by atoms with Gasteiger partial charge in [0.1, 0.15) is 0 Å². The van der Waals surface area contributed by atoms with Crippen LogP contribution in [0.2, 0.25) is 0 Å². The summed E-state index contributed by atoms with van der Waals surface area (Å²) in [5, 5.41) is 0. The molecule has 0 saturated heterocycles. The van der Waals surface area contributed by atoms with Crippen molar-refractivity contribution in [1.29, 1.82) is 0 Å². The molecule has 0 bridgehead atoms. The van der Waals surface area contributed by atoms with Crippen molar-refractivity contribution in [3.63, 3.8) is 0 Å². The van der Waals surface area contributed by atoms with E-state index >= 15 is 0 Å². The first-order chi connectivity index (χ1) is 8.91. The normalized spacial score (nSPS) is 11.1. The molecule has 6 heteroatoms. The van der Waals surface area contributed by atoms with Crippen LogP contribution >= 0.6 is 0 Å². The zero-order valence-electron chi connectivity index (χ0n) is 10.7. The van der Waals surface area contributed by atoms with E-state index in [9.17, 15) is 13.2 Å². The number of aryl methyl sites for hydroxylation is 1. The van der Waals surface area contributed by atoms with Crippen LogP contribution in [0.4, 0.5) is 0 Å². The van der Waals surface area contributed by atoms with Crippen LogP contribution in [-0.2, 0) is 14.8 Å². The van der Waals surface area contributed by atoms with Gasteiger partial charge in [-0.15, -0.1) is 11.0 Å². The number of nitrogens with one attached hydrogen (secondary N) is 1. The van der Waals surface area contributed by atoms with Crippen LogP contribution in [0, 0.1) is 6.92 Å². The Morgan fingerprint density at radius 3 is 2.37 bits per heavy atom. The van der Waals surface area contributed by atoms with E-state index in [1.54, 1.807) is 12.1 Å². The number of benzene rings is 1. The second kappa shape index (κ2) is 6.31. The fraction of sp³-hybridized carbons (Fsp3) is 0.154. The van der Waals surface area contributed by atoms with Crippen molar-refractivity contribution in [2.75, 3.05) is 6.54 Å². The Kier molecular flexibility index (Phi) is 5.02. The molecular weight excluding hydrogens is 264 g/mol. The van der Waals surface area contributed by atoms with E-state index in [1.807, 2.05) is 6.92 Å². The van der Waals surface area contributed by atoms with Gasteiger partial charge in [-0.25, -0.2) is 8.42 Å². The van der Waals surface area contributed by atoms with E-state index in [1.165, 1.54) is 18.2 Å². The second-order valence-corrected chi connectivity index (χ2v) is 5.68. The number of sulfonamides is 1. The van der Waals surface area contributed by atoms with Gasteiger partial charge in [-0.2, -0.15) is 0 Å². The number of amides is 1. The van der Waals surface area contributed by atoms with Crippen LogP contribution in [0.15, 0.2) is 54.5 Å². The minimum atomic E-state index is -3.80. The predicted octanol–water partition coefficient (Wildman–Crippen LogP) is 1.39. The number of hydrogen-bond donors (Lipinski definition) is 1. The maximum absolute atomic E-state index is 12.3. The topological polar surface area (TPSA) is 66.5 Å². The summed E-state index contributed by atoms with van der Waals surface area (Å²) in [5.41, 5.74) is 3.19. The first-order valence-corrected chi connectivity index (χ1v) is 6.99. The average molecular weight is 280 g/mol. The Morgan fingerprint density at radius 1 is 1.32 bits per heavy atom. The summed E-state index contributed by atoms with van der Waals surface area (Å²) >= 11 is 0. The Hall–Kier alpha value is -1.92. The summed E-state index contributed by atoms with van der Waals surface area (Å²) in [5.74, 6) is -0.600. The lowest BCUT2D eigenvalue weighted by Gasteiger charge is -2.20. The van der Waals surface area contributed by atoms with E-state index in [-0.39, 0.29) is 11.4 Å². The molecule has 0 atom stereocenters. The molecule has 102 valence electrons. The molecule has 0 unspecified atom stereocenters. The van der Waals surface area contributed by atoms with Gasteiger partial charge in [0.25, 0.3) is 15.9 Å². The van der Waals surface area contributed by atoms with Crippen molar-refractivity contribution in [2.24, 2.45) is 0 Å². The van der Waals surface area contributed by atoms with Crippen LogP contribution in [0.3, 0.4) is 0 Å². The van der Waals surface area contributed by atoms with Gasteiger partial charge < -0.3 is 0 Å². The molecule has 1 N–H and O–H groups in total. The fourth-order valence-corrected chi connectivity index (χ4v) is 2.57. The van der Waals surface area contributed by atoms with Crippen molar-refractivity contribution >= 4 is 15.9 Å². The minimum Gasteiger partial charge on any atom is -0.271 e. The molecule has 1 aromatic rings. The third-order valence-corrected chi connectivity index (χ3v) is 4.01. The number of nitrogens with zero attached hydrogens (tertiary/aromatic N) is 1. The molecule has 0 radical (unpaired) electrons. The van der Waals surface area contributed by atoms with E-state index < -0.39 is 15.9 Å². The fourth-order valence-electron chi connectivity index (χ4n) is 1.33. The summed E-state index contributed by atoms with van der Waals surface area (Å²) in [6.07, 6.45) is 2.38. The third kappa shape index (κ3) is 3.77. The van der Waals surface area contributed by atoms with E-state index in [2.05, 4.69) is 18.6 Å². The lowest BCUT2D eigenvalue weighted by Crippen LogP contribution is -2.45. The summed E-state index contributed by atoms with van der Waals surface area (Å²) in [4.78, 5) is 11.4. The quantitative estimate of drug-likeness (QED) is 0.486. The Morgan fingerprint density at radius 2 is 1.89 bits per heavy atom. The maximum atomic E-state index is 12.3. The lowest BCUT2D eigenvalue weighted by molar-refractivity contribution is -0.119. The van der Waals surface area contributed by atoms with Crippen molar-refractivity contribution in [3.8, 4) is 0 Å². The maximum Gasteiger partial charge on any atom is 0.260 e. The summed E-state index contributed by atoms with van der Waals surface area (Å²) in [6, 6.07) is 6.35. The van der Waals surface area contributed by atoms with Crippen LogP contribution in [0.25, 0.3) is 0 Å². The van der Waals surface area contributed by atoms with Crippen LogP contribution in [0.1, 0.15) is 5.56 Å². The molecule has 19 heavy (non-hydrogen) atoms. The Bertz CT molecular complexity index is 576. The average Bonchev–Trinajstić information content (AvgIpc) is 2.38. The monoisotopic (exact) mass is 280 g/mol. The highest BCUT2D eigenvalue weighted by molar-refractivity contribution is 7.89. The number of hydrogen-bond acceptors (Lipinski definition) is 3. The standard InChI is InChI=1S/C13H16N2O3S/c1-4-10-15(14-13(16)5-2)19(17,18)12-8-6-11(3)7-9-12/h4-9H,1-2,10H2,3H3,(H,14,16). The zero-order valence-corrected chi connectivity index (χ0v) is 11.5. The number of carbonyl (C=O) groups excluding carboxylic acids is 1. The third-order valence-electron chi connectivity index (χ3n) is 2.32. The molecule has 0 fully saturated rings. The van der Waals surface area contributed by atoms with Crippen molar-refractivity contribution in [1.82, 2.24) is 9.84 Å². The smallest absolute Gasteiger partial charge is 0.260 e. The van der Waals surface area contributed by atoms with Crippen LogP contribution in [0.5, 0.6) is 0 Å². The number of carbonyl (C=O) groups is 1. The number of hydrazine groups is 1. The molecule has 0 saturated carbocycles. The van der Waals surface area contributed by atoms with Crippen molar-refractivity contribution in [3.05, 3.63) is 55.1 Å². The minimum absolute atomic E-state index is 0.0320. The molecule has 0 aliphatic heterocycles. The summed E-state index contributed by atoms with van der Waals surface area (Å²) in [7, 11) is -3.80. The Labute approximate surface area is 113 Å². The highest BCUT2D eigenvalue weighted by Crippen LogP contribution is 2.14. The number of rotatable bonds is 6. The molecule has 0 aliphatic carbocycles. The van der Waals surface area contributed by atoms with Gasteiger partial charge in [-0.1, -0.05) is 30.4 Å². The SMILES string of the molecule is C=CCN(NC(=O)C=C)S(=O)(=O)c1ccc(C)cc1. The molecule has 1 rings (SSSR count). The molecule has 0 aromatic heterocycles. The van der Waals surface area contributed by atoms with E-state index in [0.717, 1.165) is 16.1 Å². The molecule has 0 aliphatic rings. The van der Waals surface area contributed by atoms with Gasteiger partial charge in [0.2, 0.25) is 0 Å². The molecule has 1 amide bonds. The van der Waals surface area contributed by atoms with E-state index in [4.69, 9.17) is 0 Å².